The number of alkyl halides is 4. The van der Waals surface area contributed by atoms with Crippen molar-refractivity contribution < 1.29 is 55.3 Å². The van der Waals surface area contributed by atoms with E-state index in [-0.39, 0.29) is 36.0 Å². The first kappa shape index (κ1) is 46.1. The Morgan fingerprint density at radius 3 is 2.26 bits per heavy atom. The number of alkyl carbamates (subject to hydrolysis) is 2. The molecule has 2 aromatic carbocycles. The predicted molar refractivity (Wildman–Crippen MR) is 226 cm³/mol. The van der Waals surface area contributed by atoms with Crippen LogP contribution in [0.2, 0.25) is 0 Å². The van der Waals surface area contributed by atoms with Crippen LogP contribution in [0.4, 0.5) is 31.5 Å². The molecule has 4 amide bonds. The monoisotopic (exact) mass is 909 g/mol. The van der Waals surface area contributed by atoms with Crippen molar-refractivity contribution in [2.45, 2.75) is 77.4 Å². The Morgan fingerprint density at radius 2 is 1.60 bits per heavy atom. The highest BCUT2D eigenvalue weighted by Gasteiger charge is 2.50. The first-order valence-electron chi connectivity index (χ1n) is 20.6. The summed E-state index contributed by atoms with van der Waals surface area (Å²) in [5.74, 6) is -9.04. The van der Waals surface area contributed by atoms with Gasteiger partial charge in [-0.2, -0.15) is 0 Å². The van der Waals surface area contributed by atoms with E-state index in [9.17, 15) is 36.7 Å². The third-order valence-corrected chi connectivity index (χ3v) is 11.4. The summed E-state index contributed by atoms with van der Waals surface area (Å²) in [6.45, 7) is 7.46. The van der Waals surface area contributed by atoms with E-state index in [2.05, 4.69) is 46.6 Å². The second-order valence-electron chi connectivity index (χ2n) is 16.6. The number of methoxy groups -OCH3 is 2. The number of H-pyrrole nitrogens is 2. The fraction of sp³-hybridized carbons (Fsp3) is 0.409. The van der Waals surface area contributed by atoms with E-state index in [1.165, 1.54) is 12.4 Å². The zero-order valence-electron chi connectivity index (χ0n) is 36.3. The molecule has 346 valence electrons. The Labute approximate surface area is 369 Å². The molecule has 0 radical (unpaired) electrons. The van der Waals surface area contributed by atoms with Crippen molar-refractivity contribution in [3.05, 3.63) is 78.9 Å². The third-order valence-electron chi connectivity index (χ3n) is 11.4. The lowest BCUT2D eigenvalue weighted by Crippen LogP contribution is -2.53. The number of aromatic nitrogens is 5. The molecule has 21 heteroatoms. The van der Waals surface area contributed by atoms with Crippen molar-refractivity contribution >= 4 is 34.9 Å². The summed E-state index contributed by atoms with van der Waals surface area (Å²) in [5, 5.41) is 5.09. The predicted octanol–water partition coefficient (Wildman–Crippen LogP) is 7.40. The number of hydrogen-bond acceptors (Lipinski definition) is 9. The van der Waals surface area contributed by atoms with Gasteiger partial charge in [-0.25, -0.2) is 41.5 Å². The molecule has 5 aromatic rings. The topological polar surface area (TPSA) is 189 Å². The summed E-state index contributed by atoms with van der Waals surface area (Å²) < 4.78 is 92.7. The van der Waals surface area contributed by atoms with Gasteiger partial charge in [0.15, 0.2) is 12.5 Å². The van der Waals surface area contributed by atoms with Crippen molar-refractivity contribution in [3.63, 3.8) is 0 Å². The van der Waals surface area contributed by atoms with Gasteiger partial charge >= 0.3 is 12.2 Å². The molecular weight excluding hydrogens is 862 g/mol. The van der Waals surface area contributed by atoms with Crippen LogP contribution in [-0.2, 0) is 32.3 Å². The summed E-state index contributed by atoms with van der Waals surface area (Å²) in [6.07, 6.45) is 0.850. The lowest BCUT2D eigenvalue weighted by Gasteiger charge is -2.30. The van der Waals surface area contributed by atoms with Gasteiger partial charge in [0, 0.05) is 28.5 Å². The lowest BCUT2D eigenvalue weighted by atomic mass is 10.0. The highest BCUT2D eigenvalue weighted by molar-refractivity contribution is 5.93. The number of benzene rings is 2. The quantitative estimate of drug-likeness (QED) is 0.0651. The molecule has 0 bridgehead atoms. The Bertz CT molecular complexity index is 2640. The molecule has 3 atom stereocenters. The molecular formula is C44H48F5N9O7. The van der Waals surface area contributed by atoms with Gasteiger partial charge in [0.25, 0.3) is 11.8 Å². The molecule has 1 fully saturated rings. The molecule has 0 saturated carbocycles. The highest BCUT2D eigenvalue weighted by Crippen LogP contribution is 2.44. The van der Waals surface area contributed by atoms with Crippen LogP contribution in [0.3, 0.4) is 0 Å². The van der Waals surface area contributed by atoms with Crippen LogP contribution in [0.15, 0.2) is 61.4 Å². The van der Waals surface area contributed by atoms with Gasteiger partial charge in [-0.1, -0.05) is 46.4 Å². The number of fused-ring (bicyclic) bond motifs is 5. The normalized spacial score (nSPS) is 16.4. The molecule has 65 heavy (non-hydrogen) atoms. The SMILES string of the molecule is C=CC(F)(F)CN(Cc1ncc(-c2ccc3c(c2)c(F)c2n3COc3cc(-c4cnc(C5CC(F)(F)CN5C(=O)[C@H](NC(=O)OC)C(C)C)[nH]4)ccc3-2)[nH]1)C(=O)C(NC(=O)OC)C(C)C. The smallest absolute Gasteiger partial charge is 0.407 e. The number of rotatable bonds is 14. The highest BCUT2D eigenvalue weighted by atomic mass is 19.3. The molecule has 7 rings (SSSR count). The molecule has 0 aliphatic carbocycles. The van der Waals surface area contributed by atoms with E-state index in [1.54, 1.807) is 68.7 Å². The number of imidazole rings is 2. The van der Waals surface area contributed by atoms with Crippen molar-refractivity contribution in [2.75, 3.05) is 27.3 Å². The second-order valence-corrected chi connectivity index (χ2v) is 16.6. The molecule has 0 spiro atoms. The molecule has 4 N–H and O–H groups in total. The Morgan fingerprint density at radius 1 is 0.969 bits per heavy atom. The van der Waals surface area contributed by atoms with Gasteiger partial charge in [-0.15, -0.1) is 0 Å². The number of nitrogens with one attached hydrogen (secondary N) is 4. The first-order valence-corrected chi connectivity index (χ1v) is 20.6. The summed E-state index contributed by atoms with van der Waals surface area (Å²) in [7, 11) is 2.25. The second kappa shape index (κ2) is 17.9. The van der Waals surface area contributed by atoms with Crippen LogP contribution in [0.25, 0.3) is 44.7 Å². The van der Waals surface area contributed by atoms with Crippen molar-refractivity contribution in [2.24, 2.45) is 11.8 Å². The number of nitrogens with zero attached hydrogens (tertiary/aromatic N) is 5. The van der Waals surface area contributed by atoms with E-state index in [0.717, 1.165) is 24.0 Å². The number of hydrogen-bond donors (Lipinski definition) is 4. The molecule has 2 unspecified atom stereocenters. The maximum Gasteiger partial charge on any atom is 0.407 e. The minimum absolute atomic E-state index is 0.0553. The number of halogens is 5. The van der Waals surface area contributed by atoms with Crippen LogP contribution in [0.1, 0.15) is 51.8 Å². The maximum atomic E-state index is 16.6. The summed E-state index contributed by atoms with van der Waals surface area (Å²) in [4.78, 5) is 67.8. The molecule has 3 aromatic heterocycles. The van der Waals surface area contributed by atoms with Gasteiger partial charge in [-0.3, -0.25) is 9.59 Å². The van der Waals surface area contributed by atoms with Gasteiger partial charge in [0.2, 0.25) is 11.8 Å². The molecule has 2 aliphatic rings. The van der Waals surface area contributed by atoms with E-state index in [0.29, 0.717) is 45.4 Å². The number of aromatic amines is 2. The summed E-state index contributed by atoms with van der Waals surface area (Å²) in [5.41, 5.74) is 3.10. The van der Waals surface area contributed by atoms with Gasteiger partial charge in [0.1, 0.15) is 29.5 Å². The minimum atomic E-state index is -3.46. The Kier molecular flexibility index (Phi) is 12.7. The van der Waals surface area contributed by atoms with Gasteiger partial charge in [-0.05, 0) is 42.2 Å². The average Bonchev–Trinajstić information content (AvgIpc) is 4.08. The largest absolute Gasteiger partial charge is 0.472 e. The number of likely N-dealkylation sites (tertiary alicyclic amines) is 1. The van der Waals surface area contributed by atoms with Gasteiger partial charge in [0.05, 0.1) is 74.9 Å². The van der Waals surface area contributed by atoms with Crippen molar-refractivity contribution in [1.29, 1.82) is 0 Å². The summed E-state index contributed by atoms with van der Waals surface area (Å²) >= 11 is 0. The van der Waals surface area contributed by atoms with E-state index in [4.69, 9.17) is 4.74 Å². The Hall–Kier alpha value is -6.93. The van der Waals surface area contributed by atoms with Crippen LogP contribution in [-0.4, -0.2) is 110 Å². The zero-order chi connectivity index (χ0) is 47.1. The molecule has 1 saturated heterocycles. The van der Waals surface area contributed by atoms with E-state index < -0.39 is 91.1 Å². The third kappa shape index (κ3) is 9.35. The minimum Gasteiger partial charge on any atom is -0.472 e. The van der Waals surface area contributed by atoms with Crippen LogP contribution >= 0.6 is 0 Å². The van der Waals surface area contributed by atoms with Gasteiger partial charge < -0.3 is 49.2 Å². The fourth-order valence-corrected chi connectivity index (χ4v) is 8.04. The molecule has 16 nitrogen and oxygen atoms in total. The maximum absolute atomic E-state index is 16.6. The van der Waals surface area contributed by atoms with E-state index >= 15 is 4.39 Å². The fourth-order valence-electron chi connectivity index (χ4n) is 8.04. The number of amides is 4. The number of carbonyl (C=O) groups is 4. The molecule has 2 aliphatic heterocycles. The van der Waals surface area contributed by atoms with Crippen LogP contribution in [0.5, 0.6) is 5.75 Å². The standard InChI is InChI=1S/C44H48F5N9O7/c1-8-43(46,47)19-56(39(59)35(22(2)3)54-41(61)63-6)18-33-50-16-28(52-33)24-10-12-30-27(13-24)34(45)37-26-11-9-25(14-32(26)65-21-58(30)37)29-17-51-38(53-29)31-15-44(48,49)20-57(31)40(60)36(23(4)5)55-42(62)64-7/h8-14,16-17,22-23,31,35-36H,1,15,18-21H2,2-7H3,(H,50,52)(H,51,53)(H,54,61)(H,55,62)/t31?,35?,36-/m1/s1. The average molecular weight is 910 g/mol. The first-order chi connectivity index (χ1) is 30.7. The van der Waals surface area contributed by atoms with Crippen LogP contribution in [0, 0.1) is 17.7 Å². The van der Waals surface area contributed by atoms with Crippen LogP contribution < -0.4 is 15.4 Å². The molecule has 5 heterocycles. The zero-order valence-corrected chi connectivity index (χ0v) is 36.3. The van der Waals surface area contributed by atoms with E-state index in [1.807, 2.05) is 0 Å². The summed E-state index contributed by atoms with van der Waals surface area (Å²) in [6, 6.07) is 6.62. The number of ether oxygens (including phenoxy) is 3. The number of carbonyl (C=O) groups excluding carboxylic acids is 4. The van der Waals surface area contributed by atoms with Crippen molar-refractivity contribution in [1.82, 2.24) is 44.9 Å². The van der Waals surface area contributed by atoms with Crippen molar-refractivity contribution in [3.8, 4) is 39.5 Å². The lowest BCUT2D eigenvalue weighted by molar-refractivity contribution is -0.139. The Balaban J connectivity index is 1.13.